The van der Waals surface area contributed by atoms with Gasteiger partial charge in [-0.05, 0) is 12.8 Å². The zero-order valence-corrected chi connectivity index (χ0v) is 9.52. The predicted molar refractivity (Wildman–Crippen MR) is 55.7 cm³/mol. The van der Waals surface area contributed by atoms with E-state index in [1.807, 2.05) is 6.92 Å². The summed E-state index contributed by atoms with van der Waals surface area (Å²) in [6.45, 7) is 4.05. The SMILES string of the molecule is CCCCOC(=O)N(C)C(CC)C(=O)O. The summed E-state index contributed by atoms with van der Waals surface area (Å²) >= 11 is 0. The third kappa shape index (κ3) is 4.67. The Morgan fingerprint density at radius 3 is 2.40 bits per heavy atom. The Morgan fingerprint density at radius 1 is 1.40 bits per heavy atom. The predicted octanol–water partition coefficient (Wildman–Crippen LogP) is 1.72. The van der Waals surface area contributed by atoms with Crippen molar-refractivity contribution in [3.05, 3.63) is 0 Å². The number of hydrogen-bond acceptors (Lipinski definition) is 3. The number of amides is 1. The largest absolute Gasteiger partial charge is 0.480 e. The van der Waals surface area contributed by atoms with Crippen LogP contribution in [0.25, 0.3) is 0 Å². The van der Waals surface area contributed by atoms with Gasteiger partial charge < -0.3 is 9.84 Å². The second-order valence-corrected chi connectivity index (χ2v) is 3.34. The Bertz CT molecular complexity index is 217. The number of ether oxygens (including phenoxy) is 1. The lowest BCUT2D eigenvalue weighted by Gasteiger charge is -2.22. The van der Waals surface area contributed by atoms with E-state index < -0.39 is 18.1 Å². The topological polar surface area (TPSA) is 66.8 Å². The highest BCUT2D eigenvalue weighted by atomic mass is 16.6. The number of aliphatic carboxylic acids is 1. The van der Waals surface area contributed by atoms with Crippen LogP contribution in [0.5, 0.6) is 0 Å². The number of carboxylic acid groups (broad SMARTS) is 1. The van der Waals surface area contributed by atoms with Crippen LogP contribution in [0.1, 0.15) is 33.1 Å². The van der Waals surface area contributed by atoms with Gasteiger partial charge in [0.2, 0.25) is 0 Å². The number of unbranched alkanes of at least 4 members (excludes halogenated alkanes) is 1. The maximum Gasteiger partial charge on any atom is 0.410 e. The maximum absolute atomic E-state index is 11.4. The molecule has 0 aromatic heterocycles. The third-order valence-electron chi connectivity index (χ3n) is 2.15. The van der Waals surface area contributed by atoms with Crippen molar-refractivity contribution < 1.29 is 19.4 Å². The maximum atomic E-state index is 11.4. The molecule has 0 fully saturated rings. The molecule has 0 aliphatic carbocycles. The van der Waals surface area contributed by atoms with E-state index in [1.54, 1.807) is 6.92 Å². The van der Waals surface area contributed by atoms with E-state index in [0.29, 0.717) is 13.0 Å². The fraction of sp³-hybridized carbons (Fsp3) is 0.800. The van der Waals surface area contributed by atoms with Crippen molar-refractivity contribution in [2.24, 2.45) is 0 Å². The molecule has 0 aromatic rings. The molecule has 0 heterocycles. The van der Waals surface area contributed by atoms with Crippen LogP contribution in [0, 0.1) is 0 Å². The molecular formula is C10H19NO4. The minimum absolute atomic E-state index is 0.343. The number of likely N-dealkylation sites (N-methyl/N-ethyl adjacent to an activating group) is 1. The third-order valence-corrected chi connectivity index (χ3v) is 2.15. The molecule has 1 amide bonds. The summed E-state index contributed by atoms with van der Waals surface area (Å²) in [4.78, 5) is 23.2. The van der Waals surface area contributed by atoms with Crippen molar-refractivity contribution in [2.45, 2.75) is 39.2 Å². The molecule has 5 nitrogen and oxygen atoms in total. The van der Waals surface area contributed by atoms with E-state index >= 15 is 0 Å². The Hall–Kier alpha value is -1.26. The van der Waals surface area contributed by atoms with Crippen molar-refractivity contribution in [3.63, 3.8) is 0 Å². The molecule has 0 aliphatic rings. The van der Waals surface area contributed by atoms with Crippen LogP contribution in [-0.4, -0.2) is 41.8 Å². The van der Waals surface area contributed by atoms with Crippen LogP contribution < -0.4 is 0 Å². The summed E-state index contributed by atoms with van der Waals surface area (Å²) in [7, 11) is 1.44. The molecule has 0 radical (unpaired) electrons. The molecular weight excluding hydrogens is 198 g/mol. The average Bonchev–Trinajstić information content (AvgIpc) is 2.18. The van der Waals surface area contributed by atoms with Crippen molar-refractivity contribution in [2.75, 3.05) is 13.7 Å². The van der Waals surface area contributed by atoms with Crippen LogP contribution in [0.4, 0.5) is 4.79 Å². The molecule has 0 bridgehead atoms. The van der Waals surface area contributed by atoms with Gasteiger partial charge in [0.25, 0.3) is 0 Å². The minimum Gasteiger partial charge on any atom is -0.480 e. The highest BCUT2D eigenvalue weighted by Crippen LogP contribution is 2.04. The van der Waals surface area contributed by atoms with Crippen molar-refractivity contribution in [1.82, 2.24) is 4.90 Å². The molecule has 88 valence electrons. The van der Waals surface area contributed by atoms with Crippen molar-refractivity contribution in [3.8, 4) is 0 Å². The van der Waals surface area contributed by atoms with Crippen molar-refractivity contribution in [1.29, 1.82) is 0 Å². The Labute approximate surface area is 90.0 Å². The molecule has 0 rings (SSSR count). The fourth-order valence-electron chi connectivity index (χ4n) is 1.15. The van der Waals surface area contributed by atoms with Gasteiger partial charge in [-0.25, -0.2) is 9.59 Å². The van der Waals surface area contributed by atoms with Gasteiger partial charge in [-0.15, -0.1) is 0 Å². The standard InChI is InChI=1S/C10H19NO4/c1-4-6-7-15-10(14)11(3)8(5-2)9(12)13/h8H,4-7H2,1-3H3,(H,12,13). The van der Waals surface area contributed by atoms with Gasteiger partial charge >= 0.3 is 12.1 Å². The summed E-state index contributed by atoms with van der Waals surface area (Å²) in [5, 5.41) is 8.81. The van der Waals surface area contributed by atoms with E-state index in [0.717, 1.165) is 17.7 Å². The van der Waals surface area contributed by atoms with Crippen LogP contribution in [0.2, 0.25) is 0 Å². The number of carbonyl (C=O) groups is 2. The smallest absolute Gasteiger partial charge is 0.410 e. The van der Waals surface area contributed by atoms with Gasteiger partial charge in [-0.2, -0.15) is 0 Å². The molecule has 1 N–H and O–H groups in total. The molecule has 0 saturated heterocycles. The lowest BCUT2D eigenvalue weighted by atomic mass is 10.2. The Morgan fingerprint density at radius 2 is 2.00 bits per heavy atom. The van der Waals surface area contributed by atoms with Crippen LogP contribution in [-0.2, 0) is 9.53 Å². The second-order valence-electron chi connectivity index (χ2n) is 3.34. The van der Waals surface area contributed by atoms with Gasteiger partial charge in [0, 0.05) is 7.05 Å². The van der Waals surface area contributed by atoms with Gasteiger partial charge in [-0.1, -0.05) is 20.3 Å². The lowest BCUT2D eigenvalue weighted by molar-refractivity contribution is -0.142. The molecule has 0 spiro atoms. The summed E-state index contributed by atoms with van der Waals surface area (Å²) in [6.07, 6.45) is 1.53. The first-order valence-corrected chi connectivity index (χ1v) is 5.16. The van der Waals surface area contributed by atoms with E-state index in [4.69, 9.17) is 9.84 Å². The molecule has 15 heavy (non-hydrogen) atoms. The first-order valence-electron chi connectivity index (χ1n) is 5.16. The van der Waals surface area contributed by atoms with Crippen LogP contribution >= 0.6 is 0 Å². The minimum atomic E-state index is -1.01. The summed E-state index contributed by atoms with van der Waals surface area (Å²) < 4.78 is 4.90. The molecule has 1 atom stereocenters. The van der Waals surface area contributed by atoms with Gasteiger partial charge in [0.15, 0.2) is 0 Å². The zero-order chi connectivity index (χ0) is 11.8. The number of carbonyl (C=O) groups excluding carboxylic acids is 1. The molecule has 5 heteroatoms. The first kappa shape index (κ1) is 13.7. The summed E-state index contributed by atoms with van der Waals surface area (Å²) in [5.74, 6) is -1.01. The van der Waals surface area contributed by atoms with Gasteiger partial charge in [0.1, 0.15) is 6.04 Å². The Balaban J connectivity index is 4.10. The van der Waals surface area contributed by atoms with E-state index in [1.165, 1.54) is 7.05 Å². The van der Waals surface area contributed by atoms with Crippen LogP contribution in [0.3, 0.4) is 0 Å². The molecule has 0 aliphatic heterocycles. The summed E-state index contributed by atoms with van der Waals surface area (Å²) in [6, 6.07) is -0.806. The molecule has 1 unspecified atom stereocenters. The molecule has 0 aromatic carbocycles. The van der Waals surface area contributed by atoms with Gasteiger partial charge in [-0.3, -0.25) is 4.90 Å². The highest BCUT2D eigenvalue weighted by molar-refractivity contribution is 5.79. The lowest BCUT2D eigenvalue weighted by Crippen LogP contribution is -2.42. The van der Waals surface area contributed by atoms with E-state index in [-0.39, 0.29) is 0 Å². The zero-order valence-electron chi connectivity index (χ0n) is 9.52. The first-order chi connectivity index (χ1) is 7.04. The van der Waals surface area contributed by atoms with Gasteiger partial charge in [0.05, 0.1) is 6.61 Å². The quantitative estimate of drug-likeness (QED) is 0.688. The summed E-state index contributed by atoms with van der Waals surface area (Å²) in [5.41, 5.74) is 0. The molecule has 0 saturated carbocycles. The van der Waals surface area contributed by atoms with E-state index in [9.17, 15) is 9.59 Å². The monoisotopic (exact) mass is 217 g/mol. The normalized spacial score (nSPS) is 11.9. The number of hydrogen-bond donors (Lipinski definition) is 1. The number of carboxylic acids is 1. The second kappa shape index (κ2) is 7.09. The fourth-order valence-corrected chi connectivity index (χ4v) is 1.15. The van der Waals surface area contributed by atoms with E-state index in [2.05, 4.69) is 0 Å². The number of rotatable bonds is 6. The van der Waals surface area contributed by atoms with Crippen LogP contribution in [0.15, 0.2) is 0 Å². The Kier molecular flexibility index (Phi) is 6.49. The highest BCUT2D eigenvalue weighted by Gasteiger charge is 2.25. The average molecular weight is 217 g/mol. The number of nitrogens with zero attached hydrogens (tertiary/aromatic N) is 1. The van der Waals surface area contributed by atoms with Crippen molar-refractivity contribution >= 4 is 12.1 Å².